The van der Waals surface area contributed by atoms with Gasteiger partial charge in [0.2, 0.25) is 17.8 Å². The molecule has 3 N–H and O–H groups in total. The maximum absolute atomic E-state index is 12.0. The van der Waals surface area contributed by atoms with E-state index in [0.717, 1.165) is 19.3 Å². The average molecular weight is 226 g/mol. The molecule has 0 radical (unpaired) electrons. The van der Waals surface area contributed by atoms with Crippen molar-refractivity contribution in [2.75, 3.05) is 13.6 Å². The van der Waals surface area contributed by atoms with Gasteiger partial charge in [-0.1, -0.05) is 0 Å². The summed E-state index contributed by atoms with van der Waals surface area (Å²) in [6.45, 7) is 1.82. The van der Waals surface area contributed by atoms with Gasteiger partial charge in [0, 0.05) is 13.5 Å². The number of likely N-dealkylation sites (N-methyl/N-ethyl adjacent to an activating group) is 1. The van der Waals surface area contributed by atoms with Crippen molar-refractivity contribution in [3.8, 4) is 0 Å². The van der Waals surface area contributed by atoms with Gasteiger partial charge in [-0.3, -0.25) is 25.2 Å². The van der Waals surface area contributed by atoms with Crippen LogP contribution in [-0.4, -0.2) is 42.3 Å². The van der Waals surface area contributed by atoms with Crippen LogP contribution < -0.4 is 10.6 Å². The highest BCUT2D eigenvalue weighted by molar-refractivity contribution is 6.04. The minimum Gasteiger partial charge on any atom is -0.309 e. The number of rotatable bonds is 1. The molecule has 1 unspecified atom stereocenters. The maximum Gasteiger partial charge on any atom is 0.246 e. The standard InChI is InChI=1S/C10H18N4O2/c1-7(15)13-10(11)14-6-4-3-5-8(12-2)9(14)16/h8,12H,3-6H2,1-2H3,(H2,11,13,15). The second kappa shape index (κ2) is 5.60. The van der Waals surface area contributed by atoms with E-state index in [0.29, 0.717) is 6.54 Å². The van der Waals surface area contributed by atoms with Gasteiger partial charge in [0.1, 0.15) is 0 Å². The van der Waals surface area contributed by atoms with Crippen LogP contribution in [0.1, 0.15) is 26.2 Å². The molecular formula is C10H18N4O2. The molecule has 16 heavy (non-hydrogen) atoms. The molecule has 0 aromatic heterocycles. The van der Waals surface area contributed by atoms with Gasteiger partial charge in [0.15, 0.2) is 0 Å². The summed E-state index contributed by atoms with van der Waals surface area (Å²) < 4.78 is 0. The number of nitrogens with one attached hydrogen (secondary N) is 3. The molecule has 1 aliphatic heterocycles. The predicted octanol–water partition coefficient (Wildman–Crippen LogP) is -0.342. The number of hydrogen-bond donors (Lipinski definition) is 3. The van der Waals surface area contributed by atoms with Crippen molar-refractivity contribution < 1.29 is 9.59 Å². The topological polar surface area (TPSA) is 85.3 Å². The fraction of sp³-hybridized carbons (Fsp3) is 0.700. The second-order valence-corrected chi connectivity index (χ2v) is 3.86. The van der Waals surface area contributed by atoms with Crippen molar-refractivity contribution in [2.24, 2.45) is 0 Å². The molecule has 1 fully saturated rings. The van der Waals surface area contributed by atoms with Gasteiger partial charge in [0.05, 0.1) is 6.04 Å². The lowest BCUT2D eigenvalue weighted by atomic mass is 10.1. The van der Waals surface area contributed by atoms with Crippen LogP contribution in [0.15, 0.2) is 0 Å². The molecule has 1 aliphatic rings. The van der Waals surface area contributed by atoms with E-state index < -0.39 is 0 Å². The Kier molecular flexibility index (Phi) is 4.42. The van der Waals surface area contributed by atoms with Crippen LogP contribution in [0.25, 0.3) is 0 Å². The van der Waals surface area contributed by atoms with Crippen molar-refractivity contribution in [3.05, 3.63) is 0 Å². The van der Waals surface area contributed by atoms with E-state index in [1.54, 1.807) is 7.05 Å². The van der Waals surface area contributed by atoms with Crippen LogP contribution >= 0.6 is 0 Å². The van der Waals surface area contributed by atoms with Crippen LogP contribution in [0.4, 0.5) is 0 Å². The quantitative estimate of drug-likeness (QED) is 0.422. The third-order valence-electron chi connectivity index (χ3n) is 2.60. The Morgan fingerprint density at radius 2 is 2.19 bits per heavy atom. The Hall–Kier alpha value is -1.43. The molecule has 0 aromatic carbocycles. The van der Waals surface area contributed by atoms with Gasteiger partial charge in [-0.25, -0.2) is 0 Å². The zero-order valence-corrected chi connectivity index (χ0v) is 9.67. The summed E-state index contributed by atoms with van der Waals surface area (Å²) in [5.74, 6) is -0.596. The first-order valence-electron chi connectivity index (χ1n) is 5.41. The van der Waals surface area contributed by atoms with Crippen LogP contribution in [0.5, 0.6) is 0 Å². The SMILES string of the molecule is CNC1CCCCN(C(=N)NC(C)=O)C1=O. The summed E-state index contributed by atoms with van der Waals surface area (Å²) in [7, 11) is 1.73. The van der Waals surface area contributed by atoms with Crippen molar-refractivity contribution in [2.45, 2.75) is 32.2 Å². The van der Waals surface area contributed by atoms with Crippen molar-refractivity contribution in [1.82, 2.24) is 15.5 Å². The number of nitrogens with zero attached hydrogens (tertiary/aromatic N) is 1. The number of guanidine groups is 1. The van der Waals surface area contributed by atoms with Crippen LogP contribution in [0.3, 0.4) is 0 Å². The van der Waals surface area contributed by atoms with E-state index in [9.17, 15) is 9.59 Å². The lowest BCUT2D eigenvalue weighted by Gasteiger charge is -2.24. The molecule has 0 bridgehead atoms. The van der Waals surface area contributed by atoms with Gasteiger partial charge < -0.3 is 5.32 Å². The number of carbonyl (C=O) groups is 2. The zero-order valence-electron chi connectivity index (χ0n) is 9.67. The summed E-state index contributed by atoms with van der Waals surface area (Å²) in [6.07, 6.45) is 2.58. The lowest BCUT2D eigenvalue weighted by Crippen LogP contribution is -2.51. The molecule has 0 aromatic rings. The highest BCUT2D eigenvalue weighted by Gasteiger charge is 2.28. The highest BCUT2D eigenvalue weighted by atomic mass is 16.2. The minimum atomic E-state index is -0.331. The van der Waals surface area contributed by atoms with Crippen molar-refractivity contribution >= 4 is 17.8 Å². The Bertz CT molecular complexity index is 303. The van der Waals surface area contributed by atoms with Crippen molar-refractivity contribution in [3.63, 3.8) is 0 Å². The van der Waals surface area contributed by atoms with E-state index in [1.165, 1.54) is 11.8 Å². The zero-order chi connectivity index (χ0) is 12.1. The van der Waals surface area contributed by atoms with Crippen LogP contribution in [0.2, 0.25) is 0 Å². The smallest absolute Gasteiger partial charge is 0.246 e. The lowest BCUT2D eigenvalue weighted by molar-refractivity contribution is -0.129. The molecule has 6 nitrogen and oxygen atoms in total. The normalized spacial score (nSPS) is 21.5. The molecule has 0 aliphatic carbocycles. The number of amides is 2. The van der Waals surface area contributed by atoms with E-state index in [-0.39, 0.29) is 23.8 Å². The largest absolute Gasteiger partial charge is 0.309 e. The fourth-order valence-electron chi connectivity index (χ4n) is 1.76. The third-order valence-corrected chi connectivity index (χ3v) is 2.60. The Labute approximate surface area is 94.9 Å². The highest BCUT2D eigenvalue weighted by Crippen LogP contribution is 2.11. The van der Waals surface area contributed by atoms with Crippen molar-refractivity contribution in [1.29, 1.82) is 5.41 Å². The van der Waals surface area contributed by atoms with Gasteiger partial charge in [-0.2, -0.15) is 0 Å². The third kappa shape index (κ3) is 3.03. The number of hydrogen-bond acceptors (Lipinski definition) is 4. The minimum absolute atomic E-state index is 0.125. The number of carbonyl (C=O) groups excluding carboxylic acids is 2. The molecule has 6 heteroatoms. The van der Waals surface area contributed by atoms with Gasteiger partial charge >= 0.3 is 0 Å². The molecule has 2 amide bonds. The summed E-state index contributed by atoms with van der Waals surface area (Å²) in [5.41, 5.74) is 0. The van der Waals surface area contributed by atoms with Gasteiger partial charge in [0.25, 0.3) is 0 Å². The summed E-state index contributed by atoms with van der Waals surface area (Å²) >= 11 is 0. The molecule has 1 atom stereocenters. The number of likely N-dealkylation sites (tertiary alicyclic amines) is 1. The predicted molar refractivity (Wildman–Crippen MR) is 60.0 cm³/mol. The van der Waals surface area contributed by atoms with E-state index >= 15 is 0 Å². The van der Waals surface area contributed by atoms with E-state index in [4.69, 9.17) is 5.41 Å². The van der Waals surface area contributed by atoms with Gasteiger partial charge in [-0.05, 0) is 26.3 Å². The maximum atomic E-state index is 12.0. The molecular weight excluding hydrogens is 208 g/mol. The Morgan fingerprint density at radius 1 is 1.50 bits per heavy atom. The second-order valence-electron chi connectivity index (χ2n) is 3.86. The first-order valence-corrected chi connectivity index (χ1v) is 5.41. The first-order chi connectivity index (χ1) is 7.56. The summed E-state index contributed by atoms with van der Waals surface area (Å²) in [4.78, 5) is 24.1. The summed E-state index contributed by atoms with van der Waals surface area (Å²) in [5, 5.41) is 12.9. The molecule has 0 saturated carbocycles. The van der Waals surface area contributed by atoms with Crippen LogP contribution in [-0.2, 0) is 9.59 Å². The van der Waals surface area contributed by atoms with Crippen LogP contribution in [0, 0.1) is 5.41 Å². The van der Waals surface area contributed by atoms with E-state index in [2.05, 4.69) is 10.6 Å². The molecule has 1 saturated heterocycles. The van der Waals surface area contributed by atoms with Gasteiger partial charge in [-0.15, -0.1) is 0 Å². The molecule has 0 spiro atoms. The molecule has 90 valence electrons. The Morgan fingerprint density at radius 3 is 2.75 bits per heavy atom. The van der Waals surface area contributed by atoms with E-state index in [1.807, 2.05) is 0 Å². The molecule has 1 rings (SSSR count). The molecule has 1 heterocycles. The average Bonchev–Trinajstić information content (AvgIpc) is 2.38. The first kappa shape index (κ1) is 12.6. The monoisotopic (exact) mass is 226 g/mol. The Balaban J connectivity index is 2.72. The summed E-state index contributed by atoms with van der Waals surface area (Å²) in [6, 6.07) is -0.253. The fourth-order valence-corrected chi connectivity index (χ4v) is 1.76.